The van der Waals surface area contributed by atoms with Crippen LogP contribution in [0, 0.1) is 0 Å². The van der Waals surface area contributed by atoms with Crippen LogP contribution in [0.3, 0.4) is 0 Å². The Labute approximate surface area is 193 Å². The molecule has 0 bridgehead atoms. The SMILES string of the molecule is COC(=O)CN1C(=O)S/C(=C\c2cccc(OC)c2OS(=O)(=O)c2ccc(Cl)cc2)C1=O. The third-order valence-corrected chi connectivity index (χ3v) is 6.59. The Balaban J connectivity index is 1.99. The number of rotatable bonds is 7. The second-order valence-corrected chi connectivity index (χ2v) is 9.19. The van der Waals surface area contributed by atoms with Crippen LogP contribution in [-0.2, 0) is 24.4 Å². The average molecular weight is 498 g/mol. The van der Waals surface area contributed by atoms with Gasteiger partial charge >= 0.3 is 16.1 Å². The molecule has 2 aromatic rings. The smallest absolute Gasteiger partial charge is 0.339 e. The second-order valence-electron chi connectivity index (χ2n) is 6.21. The van der Waals surface area contributed by atoms with Gasteiger partial charge in [-0.05, 0) is 48.2 Å². The number of imide groups is 1. The molecule has 0 N–H and O–H groups in total. The van der Waals surface area contributed by atoms with Gasteiger partial charge in [-0.25, -0.2) is 0 Å². The number of thioether (sulfide) groups is 1. The Kier molecular flexibility index (Phi) is 7.12. The number of para-hydroxylation sites is 1. The van der Waals surface area contributed by atoms with Crippen LogP contribution >= 0.6 is 23.4 Å². The van der Waals surface area contributed by atoms with Crippen molar-refractivity contribution in [2.24, 2.45) is 0 Å². The number of carbonyl (C=O) groups excluding carboxylic acids is 3. The van der Waals surface area contributed by atoms with Crippen LogP contribution in [0.25, 0.3) is 6.08 Å². The number of benzene rings is 2. The predicted molar refractivity (Wildman–Crippen MR) is 117 cm³/mol. The number of carbonyl (C=O) groups is 3. The lowest BCUT2D eigenvalue weighted by Gasteiger charge is -2.13. The van der Waals surface area contributed by atoms with Crippen LogP contribution in [0.15, 0.2) is 52.3 Å². The summed E-state index contributed by atoms with van der Waals surface area (Å²) in [5.41, 5.74) is 0.172. The van der Waals surface area contributed by atoms with Crippen molar-refractivity contribution < 1.29 is 36.5 Å². The summed E-state index contributed by atoms with van der Waals surface area (Å²) in [5, 5.41) is -0.310. The van der Waals surface area contributed by atoms with E-state index in [1.807, 2.05) is 0 Å². The number of esters is 1. The number of hydrogen-bond donors (Lipinski definition) is 0. The van der Waals surface area contributed by atoms with Gasteiger partial charge in [-0.2, -0.15) is 8.42 Å². The van der Waals surface area contributed by atoms with E-state index in [4.69, 9.17) is 20.5 Å². The minimum atomic E-state index is -4.27. The maximum absolute atomic E-state index is 12.8. The van der Waals surface area contributed by atoms with Gasteiger partial charge in [0.15, 0.2) is 11.5 Å². The van der Waals surface area contributed by atoms with Crippen molar-refractivity contribution in [2.75, 3.05) is 20.8 Å². The van der Waals surface area contributed by atoms with E-state index < -0.39 is 33.8 Å². The van der Waals surface area contributed by atoms with E-state index >= 15 is 0 Å². The summed E-state index contributed by atoms with van der Waals surface area (Å²) in [6, 6.07) is 9.90. The fraction of sp³-hybridized carbons (Fsp3) is 0.150. The van der Waals surface area contributed by atoms with Gasteiger partial charge in [-0.3, -0.25) is 19.3 Å². The van der Waals surface area contributed by atoms with E-state index in [0.29, 0.717) is 16.8 Å². The van der Waals surface area contributed by atoms with Crippen LogP contribution in [0.2, 0.25) is 5.02 Å². The first-order valence-electron chi connectivity index (χ1n) is 8.85. The molecular weight excluding hydrogens is 482 g/mol. The molecule has 1 aliphatic heterocycles. The third kappa shape index (κ3) is 5.06. The normalized spacial score (nSPS) is 15.2. The molecule has 9 nitrogen and oxygen atoms in total. The number of hydrogen-bond acceptors (Lipinski definition) is 9. The molecule has 12 heteroatoms. The summed E-state index contributed by atoms with van der Waals surface area (Å²) >= 11 is 6.41. The molecule has 0 unspecified atom stereocenters. The summed E-state index contributed by atoms with van der Waals surface area (Å²) in [7, 11) is -1.81. The number of halogens is 1. The van der Waals surface area contributed by atoms with E-state index in [0.717, 1.165) is 12.0 Å². The number of methoxy groups -OCH3 is 2. The van der Waals surface area contributed by atoms with Gasteiger partial charge in [0.25, 0.3) is 11.1 Å². The van der Waals surface area contributed by atoms with E-state index in [-0.39, 0.29) is 26.9 Å². The molecule has 0 saturated carbocycles. The highest BCUT2D eigenvalue weighted by atomic mass is 35.5. The van der Waals surface area contributed by atoms with Gasteiger partial charge in [0.05, 0.1) is 19.1 Å². The third-order valence-electron chi connectivity index (χ3n) is 4.20. The van der Waals surface area contributed by atoms with Crippen molar-refractivity contribution in [3.8, 4) is 11.5 Å². The fourth-order valence-corrected chi connectivity index (χ4v) is 4.55. The summed E-state index contributed by atoms with van der Waals surface area (Å²) < 4.78 is 40.6. The zero-order valence-corrected chi connectivity index (χ0v) is 19.1. The highest BCUT2D eigenvalue weighted by Crippen LogP contribution is 2.38. The zero-order valence-electron chi connectivity index (χ0n) is 16.7. The Morgan fingerprint density at radius 3 is 2.44 bits per heavy atom. The van der Waals surface area contributed by atoms with Crippen molar-refractivity contribution in [3.05, 3.63) is 58.0 Å². The topological polar surface area (TPSA) is 116 Å². The average Bonchev–Trinajstić information content (AvgIpc) is 3.02. The van der Waals surface area contributed by atoms with E-state index in [1.54, 1.807) is 6.07 Å². The van der Waals surface area contributed by atoms with Gasteiger partial charge in [0.1, 0.15) is 11.4 Å². The molecule has 2 aromatic carbocycles. The quantitative estimate of drug-likeness (QED) is 0.322. The van der Waals surface area contributed by atoms with E-state index in [9.17, 15) is 22.8 Å². The lowest BCUT2D eigenvalue weighted by atomic mass is 10.1. The monoisotopic (exact) mass is 497 g/mol. The fourth-order valence-electron chi connectivity index (χ4n) is 2.63. The molecule has 3 rings (SSSR count). The van der Waals surface area contributed by atoms with Crippen LogP contribution in [0.4, 0.5) is 4.79 Å². The molecule has 0 spiro atoms. The van der Waals surface area contributed by atoms with Crippen LogP contribution in [0.5, 0.6) is 11.5 Å². The van der Waals surface area contributed by atoms with Crippen molar-refractivity contribution >= 4 is 56.7 Å². The van der Waals surface area contributed by atoms with Crippen molar-refractivity contribution in [3.63, 3.8) is 0 Å². The Bertz CT molecular complexity index is 1210. The van der Waals surface area contributed by atoms with Crippen LogP contribution < -0.4 is 8.92 Å². The van der Waals surface area contributed by atoms with E-state index in [2.05, 4.69) is 4.74 Å². The molecule has 1 fully saturated rings. The summed E-state index contributed by atoms with van der Waals surface area (Å²) in [6.45, 7) is -0.537. The Morgan fingerprint density at radius 1 is 1.12 bits per heavy atom. The molecule has 1 heterocycles. The van der Waals surface area contributed by atoms with Crippen molar-refractivity contribution in [1.29, 1.82) is 0 Å². The highest BCUT2D eigenvalue weighted by molar-refractivity contribution is 8.18. The van der Waals surface area contributed by atoms with Crippen LogP contribution in [-0.4, -0.2) is 51.2 Å². The lowest BCUT2D eigenvalue weighted by molar-refractivity contribution is -0.143. The standard InChI is InChI=1S/C20H16ClNO8S2/c1-28-15-5-3-4-12(10-16-19(24)22(20(25)31-16)11-17(23)29-2)18(15)30-32(26,27)14-8-6-13(21)7-9-14/h3-10H,11H2,1-2H3/b16-10-. The van der Waals surface area contributed by atoms with Crippen LogP contribution in [0.1, 0.15) is 5.56 Å². The molecule has 0 radical (unpaired) electrons. The first kappa shape index (κ1) is 23.6. The summed E-state index contributed by atoms with van der Waals surface area (Å²) in [5.74, 6) is -1.57. The first-order chi connectivity index (χ1) is 15.2. The molecule has 32 heavy (non-hydrogen) atoms. The number of ether oxygens (including phenoxy) is 2. The van der Waals surface area contributed by atoms with Gasteiger partial charge in [0.2, 0.25) is 0 Å². The number of nitrogens with zero attached hydrogens (tertiary/aromatic N) is 1. The molecule has 1 saturated heterocycles. The predicted octanol–water partition coefficient (Wildman–Crippen LogP) is 3.33. The maximum atomic E-state index is 12.8. The number of amides is 2. The molecular formula is C20H16ClNO8S2. The zero-order chi connectivity index (χ0) is 23.5. The minimum absolute atomic E-state index is 0.0269. The lowest BCUT2D eigenvalue weighted by Crippen LogP contribution is -2.34. The largest absolute Gasteiger partial charge is 0.493 e. The van der Waals surface area contributed by atoms with Gasteiger partial charge in [0, 0.05) is 10.6 Å². The van der Waals surface area contributed by atoms with Gasteiger partial charge < -0.3 is 13.7 Å². The van der Waals surface area contributed by atoms with Gasteiger partial charge in [-0.15, -0.1) is 0 Å². The van der Waals surface area contributed by atoms with Crippen molar-refractivity contribution in [2.45, 2.75) is 4.90 Å². The molecule has 0 atom stereocenters. The molecule has 1 aliphatic rings. The molecule has 0 aromatic heterocycles. The molecule has 2 amide bonds. The summed E-state index contributed by atoms with van der Waals surface area (Å²) in [4.78, 5) is 36.8. The Morgan fingerprint density at radius 2 is 1.81 bits per heavy atom. The summed E-state index contributed by atoms with van der Waals surface area (Å²) in [6.07, 6.45) is 1.29. The first-order valence-corrected chi connectivity index (χ1v) is 11.5. The Hall–Kier alpha value is -3.02. The van der Waals surface area contributed by atoms with Gasteiger partial charge in [-0.1, -0.05) is 23.7 Å². The highest BCUT2D eigenvalue weighted by Gasteiger charge is 2.37. The minimum Gasteiger partial charge on any atom is -0.493 e. The van der Waals surface area contributed by atoms with Crippen molar-refractivity contribution in [1.82, 2.24) is 4.90 Å². The molecule has 168 valence electrons. The van der Waals surface area contributed by atoms with E-state index in [1.165, 1.54) is 49.6 Å². The maximum Gasteiger partial charge on any atom is 0.339 e. The molecule has 0 aliphatic carbocycles. The second kappa shape index (κ2) is 9.63.